The minimum Gasteiger partial charge on any atom is -0.497 e. The summed E-state index contributed by atoms with van der Waals surface area (Å²) >= 11 is 0. The summed E-state index contributed by atoms with van der Waals surface area (Å²) < 4.78 is 7.23. The van der Waals surface area contributed by atoms with E-state index >= 15 is 0 Å². The van der Waals surface area contributed by atoms with E-state index in [-0.39, 0.29) is 6.04 Å². The van der Waals surface area contributed by atoms with Crippen LogP contribution in [0.25, 0.3) is 0 Å². The molecule has 0 aliphatic carbocycles. The summed E-state index contributed by atoms with van der Waals surface area (Å²) in [5, 5.41) is 5.45. The summed E-state index contributed by atoms with van der Waals surface area (Å²) in [6.45, 7) is 2.39. The highest BCUT2D eigenvalue weighted by Gasteiger charge is 2.25. The number of nitrogens with one attached hydrogen (secondary N) is 2. The molecule has 0 spiro atoms. The van der Waals surface area contributed by atoms with Crippen LogP contribution in [0.1, 0.15) is 37.4 Å². The number of aryl methyl sites for hydroxylation is 1. The number of carbonyl (C=O) groups excluding carboxylic acids is 2. The third kappa shape index (κ3) is 5.60. The van der Waals surface area contributed by atoms with Crippen molar-refractivity contribution < 1.29 is 14.3 Å². The topological polar surface area (TPSA) is 75.6 Å². The number of benzene rings is 1. The molecule has 1 aliphatic heterocycles. The Hall–Kier alpha value is -2.80. The second-order valence-corrected chi connectivity index (χ2v) is 7.41. The van der Waals surface area contributed by atoms with Crippen LogP contribution in [-0.4, -0.2) is 48.0 Å². The van der Waals surface area contributed by atoms with Gasteiger partial charge in [-0.05, 0) is 50.2 Å². The molecule has 2 heterocycles. The van der Waals surface area contributed by atoms with Crippen LogP contribution in [0.4, 0.5) is 5.69 Å². The monoisotopic (exact) mass is 398 g/mol. The van der Waals surface area contributed by atoms with Gasteiger partial charge in [0.1, 0.15) is 5.75 Å². The zero-order valence-electron chi connectivity index (χ0n) is 17.2. The maximum atomic E-state index is 12.4. The summed E-state index contributed by atoms with van der Waals surface area (Å²) in [5.41, 5.74) is 1.66. The van der Waals surface area contributed by atoms with Crippen LogP contribution in [0.3, 0.4) is 0 Å². The Bertz CT molecular complexity index is 825. The lowest BCUT2D eigenvalue weighted by atomic mass is 10.1. The van der Waals surface area contributed by atoms with Gasteiger partial charge in [-0.1, -0.05) is 18.9 Å². The number of carbonyl (C=O) groups is 2. The van der Waals surface area contributed by atoms with Gasteiger partial charge < -0.3 is 19.9 Å². The molecule has 0 saturated carbocycles. The van der Waals surface area contributed by atoms with Crippen molar-refractivity contribution in [3.8, 4) is 5.75 Å². The van der Waals surface area contributed by atoms with Crippen LogP contribution in [0.2, 0.25) is 0 Å². The van der Waals surface area contributed by atoms with E-state index in [1.54, 1.807) is 31.4 Å². The standard InChI is InChI=1S/C22H30N4O3/c1-25-12-8-11-19(25)20(26-13-5-3-4-6-14-26)16-23-21(27)22(28)24-17-9-7-10-18(15-17)29-2/h7-12,15,20H,3-6,13-14,16H2,1-2H3,(H,23,27)(H,24,28). The number of nitrogens with zero attached hydrogens (tertiary/aromatic N) is 2. The maximum Gasteiger partial charge on any atom is 0.313 e. The Morgan fingerprint density at radius 1 is 1.07 bits per heavy atom. The number of hydrogen-bond acceptors (Lipinski definition) is 4. The Kier molecular flexibility index (Phi) is 7.30. The van der Waals surface area contributed by atoms with Gasteiger partial charge in [0.15, 0.2) is 0 Å². The van der Waals surface area contributed by atoms with Crippen molar-refractivity contribution in [1.82, 2.24) is 14.8 Å². The quantitative estimate of drug-likeness (QED) is 0.734. The SMILES string of the molecule is COc1cccc(NC(=O)C(=O)NCC(c2cccn2C)N2CCCCCC2)c1. The molecule has 2 aromatic rings. The molecule has 1 atom stereocenters. The van der Waals surface area contributed by atoms with Gasteiger partial charge in [0.05, 0.1) is 13.2 Å². The smallest absolute Gasteiger partial charge is 0.313 e. The van der Waals surface area contributed by atoms with Crippen molar-refractivity contribution in [2.45, 2.75) is 31.7 Å². The van der Waals surface area contributed by atoms with Gasteiger partial charge >= 0.3 is 11.8 Å². The van der Waals surface area contributed by atoms with Gasteiger partial charge in [-0.2, -0.15) is 0 Å². The van der Waals surface area contributed by atoms with E-state index in [1.807, 2.05) is 19.3 Å². The first-order chi connectivity index (χ1) is 14.1. The molecule has 1 aromatic carbocycles. The van der Waals surface area contributed by atoms with E-state index in [0.29, 0.717) is 18.0 Å². The second kappa shape index (κ2) is 10.1. The van der Waals surface area contributed by atoms with E-state index in [4.69, 9.17) is 4.74 Å². The fourth-order valence-electron chi connectivity index (χ4n) is 3.81. The first-order valence-electron chi connectivity index (χ1n) is 10.2. The highest BCUT2D eigenvalue weighted by Crippen LogP contribution is 2.24. The van der Waals surface area contributed by atoms with E-state index < -0.39 is 11.8 Å². The van der Waals surface area contributed by atoms with Crippen LogP contribution in [-0.2, 0) is 16.6 Å². The van der Waals surface area contributed by atoms with Gasteiger partial charge in [0, 0.05) is 37.2 Å². The molecule has 29 heavy (non-hydrogen) atoms. The molecule has 0 bridgehead atoms. The number of anilines is 1. The van der Waals surface area contributed by atoms with Gasteiger partial charge in [0.25, 0.3) is 0 Å². The normalized spacial score (nSPS) is 15.9. The fraction of sp³-hybridized carbons (Fsp3) is 0.455. The lowest BCUT2D eigenvalue weighted by molar-refractivity contribution is -0.136. The summed E-state index contributed by atoms with van der Waals surface area (Å²) in [6, 6.07) is 11.1. The average molecular weight is 399 g/mol. The summed E-state index contributed by atoms with van der Waals surface area (Å²) in [6.07, 6.45) is 6.81. The number of ether oxygens (including phenoxy) is 1. The lowest BCUT2D eigenvalue weighted by Crippen LogP contribution is -2.42. The molecule has 1 unspecified atom stereocenters. The molecule has 1 aromatic heterocycles. The molecule has 1 aliphatic rings. The third-order valence-electron chi connectivity index (χ3n) is 5.40. The first kappa shape index (κ1) is 20.9. The number of hydrogen-bond donors (Lipinski definition) is 2. The van der Waals surface area contributed by atoms with Crippen molar-refractivity contribution in [3.05, 3.63) is 48.3 Å². The van der Waals surface area contributed by atoms with Crippen molar-refractivity contribution in [3.63, 3.8) is 0 Å². The predicted molar refractivity (Wildman–Crippen MR) is 113 cm³/mol. The number of rotatable bonds is 6. The van der Waals surface area contributed by atoms with Gasteiger partial charge in [-0.25, -0.2) is 0 Å². The molecule has 2 N–H and O–H groups in total. The highest BCUT2D eigenvalue weighted by atomic mass is 16.5. The van der Waals surface area contributed by atoms with Crippen molar-refractivity contribution in [1.29, 1.82) is 0 Å². The van der Waals surface area contributed by atoms with E-state index in [9.17, 15) is 9.59 Å². The zero-order chi connectivity index (χ0) is 20.6. The predicted octanol–water partition coefficient (Wildman–Crippen LogP) is 2.71. The molecule has 2 amide bonds. The van der Waals surface area contributed by atoms with Crippen LogP contribution in [0, 0.1) is 0 Å². The second-order valence-electron chi connectivity index (χ2n) is 7.41. The van der Waals surface area contributed by atoms with Crippen molar-refractivity contribution >= 4 is 17.5 Å². The zero-order valence-corrected chi connectivity index (χ0v) is 17.2. The van der Waals surface area contributed by atoms with Crippen molar-refractivity contribution in [2.75, 3.05) is 32.1 Å². The fourth-order valence-corrected chi connectivity index (χ4v) is 3.81. The Labute approximate surface area is 172 Å². The molecule has 3 rings (SSSR count). The van der Waals surface area contributed by atoms with Crippen LogP contribution in [0.5, 0.6) is 5.75 Å². The van der Waals surface area contributed by atoms with Crippen molar-refractivity contribution in [2.24, 2.45) is 7.05 Å². The number of methoxy groups -OCH3 is 1. The molecular weight excluding hydrogens is 368 g/mol. The van der Waals surface area contributed by atoms with Gasteiger partial charge in [-0.15, -0.1) is 0 Å². The average Bonchev–Trinajstić information content (AvgIpc) is 2.98. The molecular formula is C22H30N4O3. The first-order valence-corrected chi connectivity index (χ1v) is 10.2. The lowest BCUT2D eigenvalue weighted by Gasteiger charge is -2.31. The largest absolute Gasteiger partial charge is 0.497 e. The van der Waals surface area contributed by atoms with Crippen LogP contribution in [0.15, 0.2) is 42.6 Å². The minimum atomic E-state index is -0.681. The maximum absolute atomic E-state index is 12.4. The van der Waals surface area contributed by atoms with Gasteiger partial charge in [0.2, 0.25) is 0 Å². The summed E-state index contributed by atoms with van der Waals surface area (Å²) in [5.74, 6) is -0.699. The van der Waals surface area contributed by atoms with E-state index in [2.05, 4.69) is 26.2 Å². The Morgan fingerprint density at radius 2 is 1.83 bits per heavy atom. The number of amides is 2. The van der Waals surface area contributed by atoms with E-state index in [0.717, 1.165) is 31.6 Å². The van der Waals surface area contributed by atoms with Crippen LogP contribution < -0.4 is 15.4 Å². The molecule has 7 heteroatoms. The Morgan fingerprint density at radius 3 is 2.48 bits per heavy atom. The Balaban J connectivity index is 1.64. The minimum absolute atomic E-state index is 0.0432. The van der Waals surface area contributed by atoms with Gasteiger partial charge in [-0.3, -0.25) is 14.5 Å². The molecule has 156 valence electrons. The molecule has 7 nitrogen and oxygen atoms in total. The van der Waals surface area contributed by atoms with Crippen LogP contribution >= 0.6 is 0 Å². The van der Waals surface area contributed by atoms with E-state index in [1.165, 1.54) is 12.8 Å². The third-order valence-corrected chi connectivity index (χ3v) is 5.40. The molecule has 1 saturated heterocycles. The number of likely N-dealkylation sites (tertiary alicyclic amines) is 1. The highest BCUT2D eigenvalue weighted by molar-refractivity contribution is 6.39. The summed E-state index contributed by atoms with van der Waals surface area (Å²) in [7, 11) is 3.57. The molecule has 0 radical (unpaired) electrons. The molecule has 1 fully saturated rings. The number of aromatic nitrogens is 1. The summed E-state index contributed by atoms with van der Waals surface area (Å²) in [4.78, 5) is 27.2.